The monoisotopic (exact) mass is 445 g/mol. The molecule has 0 atom stereocenters. The summed E-state index contributed by atoms with van der Waals surface area (Å²) in [6.07, 6.45) is 3.87. The summed E-state index contributed by atoms with van der Waals surface area (Å²) in [5.74, 6) is 1.41. The lowest BCUT2D eigenvalue weighted by Crippen LogP contribution is -2.48. The molecule has 2 fully saturated rings. The van der Waals surface area contributed by atoms with Crippen molar-refractivity contribution in [3.63, 3.8) is 0 Å². The van der Waals surface area contributed by atoms with E-state index in [1.807, 2.05) is 6.07 Å². The third kappa shape index (κ3) is 4.91. The van der Waals surface area contributed by atoms with Gasteiger partial charge >= 0.3 is 0 Å². The van der Waals surface area contributed by atoms with Gasteiger partial charge in [-0.05, 0) is 50.3 Å². The first-order valence-corrected chi connectivity index (χ1v) is 12.5. The van der Waals surface area contributed by atoms with Crippen molar-refractivity contribution in [3.8, 4) is 0 Å². The summed E-state index contributed by atoms with van der Waals surface area (Å²) in [7, 11) is 0. The van der Waals surface area contributed by atoms with Crippen molar-refractivity contribution in [2.75, 3.05) is 31.1 Å². The molecule has 0 bridgehead atoms. The molecule has 2 saturated heterocycles. The Morgan fingerprint density at radius 1 is 0.939 bits per heavy atom. The second kappa shape index (κ2) is 9.96. The average Bonchev–Trinajstić information content (AvgIpc) is 3.25. The molecule has 0 unspecified atom stereocenters. The summed E-state index contributed by atoms with van der Waals surface area (Å²) >= 11 is 0. The van der Waals surface area contributed by atoms with E-state index in [0.717, 1.165) is 76.4 Å². The number of aryl methyl sites for hydroxylation is 1. The van der Waals surface area contributed by atoms with Crippen LogP contribution in [0.4, 0.5) is 5.95 Å². The molecule has 1 amide bonds. The van der Waals surface area contributed by atoms with Crippen LogP contribution in [0.3, 0.4) is 0 Å². The van der Waals surface area contributed by atoms with Gasteiger partial charge in [0.25, 0.3) is 0 Å². The molecule has 5 rings (SSSR count). The number of benzene rings is 2. The van der Waals surface area contributed by atoms with Crippen LogP contribution >= 0.6 is 0 Å². The van der Waals surface area contributed by atoms with Gasteiger partial charge in [0, 0.05) is 51.2 Å². The minimum Gasteiger partial charge on any atom is -0.353 e. The highest BCUT2D eigenvalue weighted by molar-refractivity contribution is 5.80. The molecule has 0 saturated carbocycles. The molecule has 0 spiro atoms. The Kier molecular flexibility index (Phi) is 6.63. The van der Waals surface area contributed by atoms with E-state index in [2.05, 4.69) is 75.1 Å². The van der Waals surface area contributed by atoms with Crippen LogP contribution in [-0.4, -0.2) is 52.6 Å². The number of aromatic nitrogens is 2. The first-order valence-electron chi connectivity index (χ1n) is 12.5. The van der Waals surface area contributed by atoms with E-state index in [1.165, 1.54) is 11.1 Å². The van der Waals surface area contributed by atoms with E-state index < -0.39 is 0 Å². The third-order valence-corrected chi connectivity index (χ3v) is 7.28. The number of imidazole rings is 1. The topological polar surface area (TPSA) is 53.4 Å². The molecule has 1 aromatic heterocycles. The third-order valence-electron chi connectivity index (χ3n) is 7.28. The van der Waals surface area contributed by atoms with Crippen molar-refractivity contribution in [1.29, 1.82) is 0 Å². The van der Waals surface area contributed by atoms with Gasteiger partial charge in [-0.25, -0.2) is 4.98 Å². The van der Waals surface area contributed by atoms with Crippen LogP contribution < -0.4 is 10.2 Å². The minimum atomic E-state index is 0.114. The Balaban J connectivity index is 1.11. The van der Waals surface area contributed by atoms with Crippen molar-refractivity contribution in [2.45, 2.75) is 51.7 Å². The molecule has 0 radical (unpaired) electrons. The number of nitrogens with one attached hydrogen (secondary N) is 1. The van der Waals surface area contributed by atoms with Crippen molar-refractivity contribution in [2.24, 2.45) is 5.92 Å². The molecule has 174 valence electrons. The van der Waals surface area contributed by atoms with Gasteiger partial charge in [0.15, 0.2) is 0 Å². The summed E-state index contributed by atoms with van der Waals surface area (Å²) in [6.45, 7) is 7.94. The number of rotatable bonds is 6. The van der Waals surface area contributed by atoms with Crippen LogP contribution in [0, 0.1) is 5.92 Å². The lowest BCUT2D eigenvalue weighted by atomic mass is 9.95. The Hall–Kier alpha value is -2.86. The van der Waals surface area contributed by atoms with Crippen molar-refractivity contribution >= 4 is 22.9 Å². The van der Waals surface area contributed by atoms with Gasteiger partial charge < -0.3 is 14.8 Å². The number of piperidine rings is 2. The molecule has 2 aliphatic rings. The number of fused-ring (bicyclic) bond motifs is 1. The molecule has 2 aromatic carbocycles. The maximum Gasteiger partial charge on any atom is 0.223 e. The Bertz CT molecular complexity index is 1060. The summed E-state index contributed by atoms with van der Waals surface area (Å²) in [6, 6.07) is 19.3. The Morgan fingerprint density at radius 2 is 1.64 bits per heavy atom. The van der Waals surface area contributed by atoms with E-state index in [4.69, 9.17) is 4.98 Å². The lowest BCUT2D eigenvalue weighted by molar-refractivity contribution is -0.126. The van der Waals surface area contributed by atoms with Crippen LogP contribution in [0.1, 0.15) is 38.2 Å². The van der Waals surface area contributed by atoms with Gasteiger partial charge in [0.1, 0.15) is 0 Å². The molecule has 3 heterocycles. The smallest absolute Gasteiger partial charge is 0.223 e. The highest BCUT2D eigenvalue weighted by atomic mass is 16.2. The number of carbonyl (C=O) groups excluding carboxylic acids is 1. The fraction of sp³-hybridized carbons (Fsp3) is 0.481. The maximum absolute atomic E-state index is 13.0. The first-order chi connectivity index (χ1) is 16.2. The quantitative estimate of drug-likeness (QED) is 0.622. The summed E-state index contributed by atoms with van der Waals surface area (Å²) in [5.41, 5.74) is 3.60. The van der Waals surface area contributed by atoms with E-state index in [-0.39, 0.29) is 11.8 Å². The highest BCUT2D eigenvalue weighted by Crippen LogP contribution is 2.27. The average molecular weight is 446 g/mol. The molecule has 6 nitrogen and oxygen atoms in total. The minimum absolute atomic E-state index is 0.114. The van der Waals surface area contributed by atoms with E-state index in [1.54, 1.807) is 0 Å². The van der Waals surface area contributed by atoms with Gasteiger partial charge in [0.2, 0.25) is 11.9 Å². The Labute approximate surface area is 196 Å². The highest BCUT2D eigenvalue weighted by Gasteiger charge is 2.29. The van der Waals surface area contributed by atoms with Crippen LogP contribution in [0.25, 0.3) is 11.0 Å². The number of likely N-dealkylation sites (tertiary alicyclic amines) is 1. The number of nitrogens with zero attached hydrogens (tertiary/aromatic N) is 4. The summed E-state index contributed by atoms with van der Waals surface area (Å²) in [4.78, 5) is 22.7. The van der Waals surface area contributed by atoms with Crippen molar-refractivity contribution in [1.82, 2.24) is 19.8 Å². The summed E-state index contributed by atoms with van der Waals surface area (Å²) < 4.78 is 2.29. The number of anilines is 1. The van der Waals surface area contributed by atoms with Gasteiger partial charge in [-0.2, -0.15) is 0 Å². The molecular weight excluding hydrogens is 410 g/mol. The maximum atomic E-state index is 13.0. The van der Waals surface area contributed by atoms with Gasteiger partial charge in [-0.1, -0.05) is 42.5 Å². The normalized spacial score (nSPS) is 18.6. The molecule has 2 aliphatic heterocycles. The predicted molar refractivity (Wildman–Crippen MR) is 133 cm³/mol. The van der Waals surface area contributed by atoms with Crippen LogP contribution in [0.5, 0.6) is 0 Å². The fourth-order valence-corrected chi connectivity index (χ4v) is 5.35. The molecule has 33 heavy (non-hydrogen) atoms. The largest absolute Gasteiger partial charge is 0.353 e. The van der Waals surface area contributed by atoms with E-state index in [0.29, 0.717) is 6.04 Å². The Morgan fingerprint density at radius 3 is 2.36 bits per heavy atom. The van der Waals surface area contributed by atoms with E-state index >= 15 is 0 Å². The number of carbonyl (C=O) groups is 1. The zero-order chi connectivity index (χ0) is 22.6. The van der Waals surface area contributed by atoms with Gasteiger partial charge in [0.05, 0.1) is 11.0 Å². The standard InChI is InChI=1S/C27H35N5O/c1-2-32-25-11-7-6-10-24(25)29-27(32)31-18-12-22(13-19-31)26(33)28-23-14-16-30(17-15-23)20-21-8-4-3-5-9-21/h3-11,22-23H,2,12-20H2,1H3,(H,28,33). The van der Waals surface area contributed by atoms with Gasteiger partial charge in [-0.15, -0.1) is 0 Å². The second-order valence-corrected chi connectivity index (χ2v) is 9.45. The number of hydrogen-bond acceptors (Lipinski definition) is 4. The molecule has 0 aliphatic carbocycles. The van der Waals surface area contributed by atoms with E-state index in [9.17, 15) is 4.79 Å². The SMILES string of the molecule is CCn1c(N2CCC(C(=O)NC3CCN(Cc4ccccc4)CC3)CC2)nc2ccccc21. The van der Waals surface area contributed by atoms with Crippen molar-refractivity contribution in [3.05, 3.63) is 60.2 Å². The molecular formula is C27H35N5O. The predicted octanol–water partition coefficient (Wildman–Crippen LogP) is 4.05. The van der Waals surface area contributed by atoms with Gasteiger partial charge in [-0.3, -0.25) is 9.69 Å². The molecule has 6 heteroatoms. The fourth-order valence-electron chi connectivity index (χ4n) is 5.35. The number of hydrogen-bond donors (Lipinski definition) is 1. The zero-order valence-corrected chi connectivity index (χ0v) is 19.6. The zero-order valence-electron chi connectivity index (χ0n) is 19.6. The van der Waals surface area contributed by atoms with Crippen LogP contribution in [-0.2, 0) is 17.9 Å². The summed E-state index contributed by atoms with van der Waals surface area (Å²) in [5, 5.41) is 3.37. The molecule has 3 aromatic rings. The number of amides is 1. The number of para-hydroxylation sites is 2. The van der Waals surface area contributed by atoms with Crippen LogP contribution in [0.15, 0.2) is 54.6 Å². The molecule has 1 N–H and O–H groups in total. The van der Waals surface area contributed by atoms with Crippen molar-refractivity contribution < 1.29 is 4.79 Å². The lowest BCUT2D eigenvalue weighted by Gasteiger charge is -2.35. The van der Waals surface area contributed by atoms with Crippen LogP contribution in [0.2, 0.25) is 0 Å². The second-order valence-electron chi connectivity index (χ2n) is 9.45. The first kappa shape index (κ1) is 22.0.